The highest BCUT2D eigenvalue weighted by Crippen LogP contribution is 2.43. The first-order valence-corrected chi connectivity index (χ1v) is 6.21. The summed E-state index contributed by atoms with van der Waals surface area (Å²) in [6, 6.07) is 5.19. The molecule has 0 saturated carbocycles. The predicted octanol–water partition coefficient (Wildman–Crippen LogP) is 3.01. The van der Waals surface area contributed by atoms with Gasteiger partial charge in [0.05, 0.1) is 6.42 Å². The van der Waals surface area contributed by atoms with Crippen molar-refractivity contribution in [2.45, 2.75) is 31.4 Å². The van der Waals surface area contributed by atoms with Crippen LogP contribution in [-0.2, 0) is 0 Å². The first-order valence-electron chi connectivity index (χ1n) is 6.21. The predicted molar refractivity (Wildman–Crippen MR) is 66.5 cm³/mol. The lowest BCUT2D eigenvalue weighted by Gasteiger charge is -2.32. The number of nitrogens with zero attached hydrogens (tertiary/aromatic N) is 2. The van der Waals surface area contributed by atoms with Crippen LogP contribution in [0.2, 0.25) is 0 Å². The fourth-order valence-corrected chi connectivity index (χ4v) is 2.04. The molecule has 23 heavy (non-hydrogen) atoms. The van der Waals surface area contributed by atoms with Crippen LogP contribution >= 0.6 is 0 Å². The van der Waals surface area contributed by atoms with Gasteiger partial charge < -0.3 is 5.11 Å². The topological polar surface area (TPSA) is 52.9 Å². The average Bonchev–Trinajstić information content (AvgIpc) is 2.77. The number of hydrogen-bond acceptors (Lipinski definition) is 3. The highest BCUT2D eigenvalue weighted by molar-refractivity contribution is 5.99. The second-order valence-electron chi connectivity index (χ2n) is 5.02. The van der Waals surface area contributed by atoms with Crippen molar-refractivity contribution in [3.8, 4) is 0 Å². The minimum Gasteiger partial charge on any atom is -0.362 e. The Labute approximate surface area is 126 Å². The maximum Gasteiger partial charge on any atom is 0.438 e. The summed E-state index contributed by atoms with van der Waals surface area (Å²) in [7, 11) is 0. The summed E-state index contributed by atoms with van der Waals surface area (Å²) in [5.74, 6) is -1.48. The Kier molecular flexibility index (Phi) is 3.92. The second-order valence-corrected chi connectivity index (χ2v) is 5.02. The van der Waals surface area contributed by atoms with Crippen molar-refractivity contribution >= 4 is 11.6 Å². The molecule has 1 aromatic rings. The molecule has 0 aromatic heterocycles. The Morgan fingerprint density at radius 1 is 1.26 bits per heavy atom. The molecule has 1 amide bonds. The Morgan fingerprint density at radius 2 is 1.87 bits per heavy atom. The van der Waals surface area contributed by atoms with Crippen molar-refractivity contribution in [1.29, 1.82) is 0 Å². The molecule has 0 spiro atoms. The van der Waals surface area contributed by atoms with Crippen molar-refractivity contribution in [1.82, 2.24) is 5.01 Å². The summed E-state index contributed by atoms with van der Waals surface area (Å²) in [4.78, 5) is 12.1. The van der Waals surface area contributed by atoms with Gasteiger partial charge in [0.15, 0.2) is 0 Å². The number of carbonyl (C=O) groups excluding carboxylic acids is 1. The van der Waals surface area contributed by atoms with Crippen LogP contribution in [0.4, 0.5) is 26.3 Å². The van der Waals surface area contributed by atoms with Gasteiger partial charge in [0.2, 0.25) is 0 Å². The molecule has 0 bridgehead atoms. The van der Waals surface area contributed by atoms with E-state index in [4.69, 9.17) is 0 Å². The van der Waals surface area contributed by atoms with Gasteiger partial charge in [0, 0.05) is 5.56 Å². The normalized spacial score (nSPS) is 22.3. The van der Waals surface area contributed by atoms with E-state index in [1.165, 1.54) is 12.1 Å². The molecule has 2 rings (SSSR count). The number of benzene rings is 1. The third kappa shape index (κ3) is 3.03. The lowest BCUT2D eigenvalue weighted by molar-refractivity contribution is -0.297. The van der Waals surface area contributed by atoms with E-state index >= 15 is 0 Å². The molecule has 0 saturated heterocycles. The summed E-state index contributed by atoms with van der Waals surface area (Å²) < 4.78 is 77.0. The van der Waals surface area contributed by atoms with Crippen molar-refractivity contribution in [3.05, 3.63) is 35.4 Å². The molecule has 0 radical (unpaired) electrons. The van der Waals surface area contributed by atoms with E-state index in [0.717, 1.165) is 6.07 Å². The van der Waals surface area contributed by atoms with E-state index in [0.29, 0.717) is 5.56 Å². The molecule has 1 aromatic carbocycles. The number of aryl methyl sites for hydroxylation is 1. The van der Waals surface area contributed by atoms with Crippen LogP contribution in [0.1, 0.15) is 22.3 Å². The molecule has 1 aliphatic rings. The summed E-state index contributed by atoms with van der Waals surface area (Å²) in [5.41, 5.74) is -5.73. The van der Waals surface area contributed by atoms with Crippen LogP contribution in [-0.4, -0.2) is 39.8 Å². The molecule has 0 fully saturated rings. The quantitative estimate of drug-likeness (QED) is 0.799. The SMILES string of the molecule is Cc1cccc(C(=O)N2N=C(C(F)(F)F)CC2(O)C(F)(F)F)c1. The lowest BCUT2D eigenvalue weighted by Crippen LogP contribution is -2.56. The third-order valence-corrected chi connectivity index (χ3v) is 3.22. The number of alkyl halides is 6. The summed E-state index contributed by atoms with van der Waals surface area (Å²) >= 11 is 0. The number of halogens is 6. The molecule has 0 aliphatic carbocycles. The van der Waals surface area contributed by atoms with Crippen LogP contribution in [0.15, 0.2) is 29.4 Å². The highest BCUT2D eigenvalue weighted by atomic mass is 19.4. The monoisotopic (exact) mass is 340 g/mol. The van der Waals surface area contributed by atoms with Crippen molar-refractivity contribution in [3.63, 3.8) is 0 Å². The van der Waals surface area contributed by atoms with Gasteiger partial charge >= 0.3 is 12.4 Å². The number of amides is 1. The number of aliphatic hydroxyl groups is 1. The molecule has 1 atom stereocenters. The van der Waals surface area contributed by atoms with Gasteiger partial charge in [-0.1, -0.05) is 17.7 Å². The number of hydrogen-bond donors (Lipinski definition) is 1. The number of rotatable bonds is 1. The van der Waals surface area contributed by atoms with Crippen LogP contribution in [0.25, 0.3) is 0 Å². The lowest BCUT2D eigenvalue weighted by atomic mass is 10.0. The van der Waals surface area contributed by atoms with Gasteiger partial charge in [-0.05, 0) is 19.1 Å². The molecule has 4 nitrogen and oxygen atoms in total. The fraction of sp³-hybridized carbons (Fsp3) is 0.385. The van der Waals surface area contributed by atoms with Crippen molar-refractivity contribution < 1.29 is 36.2 Å². The van der Waals surface area contributed by atoms with Gasteiger partial charge in [0.25, 0.3) is 11.6 Å². The van der Waals surface area contributed by atoms with E-state index in [9.17, 15) is 36.2 Å². The Bertz CT molecular complexity index is 667. The van der Waals surface area contributed by atoms with Crippen LogP contribution < -0.4 is 0 Å². The van der Waals surface area contributed by atoms with Crippen LogP contribution in [0.5, 0.6) is 0 Å². The maximum atomic E-state index is 13.0. The van der Waals surface area contributed by atoms with Gasteiger partial charge in [0.1, 0.15) is 5.71 Å². The van der Waals surface area contributed by atoms with E-state index in [2.05, 4.69) is 5.10 Å². The standard InChI is InChI=1S/C13H10F6N2O2/c1-7-3-2-4-8(5-7)10(22)21-11(23,13(17,18)19)6-9(20-21)12(14,15)16/h2-5,23H,6H2,1H3. The van der Waals surface area contributed by atoms with Gasteiger partial charge in [-0.3, -0.25) is 4.79 Å². The fourth-order valence-electron chi connectivity index (χ4n) is 2.04. The van der Waals surface area contributed by atoms with Crippen molar-refractivity contribution in [2.24, 2.45) is 5.10 Å². The molecule has 1 aliphatic heterocycles. The van der Waals surface area contributed by atoms with Crippen molar-refractivity contribution in [2.75, 3.05) is 0 Å². The molecule has 1 unspecified atom stereocenters. The van der Waals surface area contributed by atoms with E-state index < -0.39 is 41.1 Å². The number of hydrazone groups is 1. The van der Waals surface area contributed by atoms with Crippen LogP contribution in [0, 0.1) is 6.92 Å². The zero-order valence-corrected chi connectivity index (χ0v) is 11.5. The van der Waals surface area contributed by atoms with E-state index in [-0.39, 0.29) is 5.56 Å². The Morgan fingerprint density at radius 3 is 2.35 bits per heavy atom. The summed E-state index contributed by atoms with van der Waals surface area (Å²) in [6.45, 7) is 1.54. The maximum absolute atomic E-state index is 13.0. The Balaban J connectivity index is 2.50. The minimum absolute atomic E-state index is 0.320. The molecule has 1 heterocycles. The van der Waals surface area contributed by atoms with Gasteiger partial charge in [-0.2, -0.15) is 36.5 Å². The van der Waals surface area contributed by atoms with E-state index in [1.54, 1.807) is 13.0 Å². The summed E-state index contributed by atoms with van der Waals surface area (Å²) in [6.07, 6.45) is -12.6. The highest BCUT2D eigenvalue weighted by Gasteiger charge is 2.66. The van der Waals surface area contributed by atoms with Crippen LogP contribution in [0.3, 0.4) is 0 Å². The number of carbonyl (C=O) groups is 1. The molecule has 1 N–H and O–H groups in total. The smallest absolute Gasteiger partial charge is 0.362 e. The first-order chi connectivity index (χ1) is 10.4. The van der Waals surface area contributed by atoms with E-state index in [1.807, 2.05) is 0 Å². The first kappa shape index (κ1) is 17.3. The Hall–Kier alpha value is -2.10. The average molecular weight is 340 g/mol. The second kappa shape index (κ2) is 5.22. The molecule has 10 heteroatoms. The van der Waals surface area contributed by atoms with Gasteiger partial charge in [-0.25, -0.2) is 0 Å². The minimum atomic E-state index is -5.51. The zero-order chi connectivity index (χ0) is 17.6. The third-order valence-electron chi connectivity index (χ3n) is 3.22. The zero-order valence-electron chi connectivity index (χ0n) is 11.5. The molecular formula is C13H10F6N2O2. The molecular weight excluding hydrogens is 330 g/mol. The largest absolute Gasteiger partial charge is 0.438 e. The molecule has 126 valence electrons. The summed E-state index contributed by atoms with van der Waals surface area (Å²) in [5, 5.41) is 11.8. The van der Waals surface area contributed by atoms with Gasteiger partial charge in [-0.15, -0.1) is 0 Å².